The minimum atomic E-state index is -1.21. The van der Waals surface area contributed by atoms with Crippen LogP contribution >= 0.6 is 0 Å². The van der Waals surface area contributed by atoms with Gasteiger partial charge in [0.2, 0.25) is 0 Å². The molecule has 0 heterocycles. The Morgan fingerprint density at radius 2 is 1.86 bits per heavy atom. The number of anilines is 2. The zero-order valence-corrected chi connectivity index (χ0v) is 10.6. The number of carbonyl (C=O) groups excluding carboxylic acids is 1. The fourth-order valence-electron chi connectivity index (χ4n) is 1.68. The molecular weight excluding hydrogens is 279 g/mol. The number of nitrogen functional groups attached to an aromatic ring is 1. The molecule has 0 radical (unpaired) electrons. The summed E-state index contributed by atoms with van der Waals surface area (Å²) in [6.07, 6.45) is 0. The van der Waals surface area contributed by atoms with Gasteiger partial charge in [-0.25, -0.2) is 9.18 Å². The Morgan fingerprint density at radius 3 is 2.52 bits per heavy atom. The molecule has 1 amide bonds. The van der Waals surface area contributed by atoms with E-state index in [1.807, 2.05) is 0 Å². The largest absolute Gasteiger partial charge is 0.506 e. The van der Waals surface area contributed by atoms with Crippen LogP contribution in [0.5, 0.6) is 5.75 Å². The van der Waals surface area contributed by atoms with Crippen molar-refractivity contribution in [2.45, 2.75) is 0 Å². The number of aromatic hydroxyl groups is 1. The summed E-state index contributed by atoms with van der Waals surface area (Å²) in [4.78, 5) is 22.9. The molecule has 2 aromatic rings. The predicted molar refractivity (Wildman–Crippen MR) is 73.8 cm³/mol. The third kappa shape index (κ3) is 3.08. The first-order chi connectivity index (χ1) is 9.88. The van der Waals surface area contributed by atoms with Crippen molar-refractivity contribution < 1.29 is 24.2 Å². The van der Waals surface area contributed by atoms with Crippen LogP contribution in [0.4, 0.5) is 15.8 Å². The van der Waals surface area contributed by atoms with Crippen LogP contribution in [0.2, 0.25) is 0 Å². The minimum Gasteiger partial charge on any atom is -0.506 e. The van der Waals surface area contributed by atoms with Gasteiger partial charge in [-0.2, -0.15) is 0 Å². The molecule has 0 fully saturated rings. The summed E-state index contributed by atoms with van der Waals surface area (Å²) in [5.41, 5.74) is 5.30. The first-order valence-corrected chi connectivity index (χ1v) is 5.81. The second-order valence-corrected chi connectivity index (χ2v) is 4.22. The monoisotopic (exact) mass is 290 g/mol. The number of hydrogen-bond donors (Lipinski definition) is 4. The van der Waals surface area contributed by atoms with Crippen LogP contribution in [0.15, 0.2) is 36.4 Å². The highest BCUT2D eigenvalue weighted by molar-refractivity contribution is 6.08. The van der Waals surface area contributed by atoms with Crippen LogP contribution in [0.3, 0.4) is 0 Å². The number of carboxylic acid groups (broad SMARTS) is 1. The maximum atomic E-state index is 13.1. The lowest BCUT2D eigenvalue weighted by atomic mass is 10.1. The average Bonchev–Trinajstić information content (AvgIpc) is 2.43. The van der Waals surface area contributed by atoms with E-state index in [0.717, 1.165) is 24.3 Å². The van der Waals surface area contributed by atoms with Crippen LogP contribution in [-0.2, 0) is 0 Å². The average molecular weight is 290 g/mol. The van der Waals surface area contributed by atoms with Gasteiger partial charge in [0, 0.05) is 5.69 Å². The van der Waals surface area contributed by atoms with Crippen molar-refractivity contribution in [1.29, 1.82) is 0 Å². The van der Waals surface area contributed by atoms with Gasteiger partial charge in [0.05, 0.1) is 16.8 Å². The van der Waals surface area contributed by atoms with Gasteiger partial charge < -0.3 is 21.3 Å². The first-order valence-electron chi connectivity index (χ1n) is 5.81. The predicted octanol–water partition coefficient (Wildman–Crippen LogP) is 2.06. The van der Waals surface area contributed by atoms with Gasteiger partial charge in [-0.3, -0.25) is 4.79 Å². The molecule has 2 rings (SSSR count). The van der Waals surface area contributed by atoms with Crippen molar-refractivity contribution >= 4 is 23.3 Å². The number of phenols is 1. The lowest BCUT2D eigenvalue weighted by molar-refractivity contribution is 0.0696. The normalized spacial score (nSPS) is 10.1. The smallest absolute Gasteiger partial charge is 0.335 e. The molecule has 0 aliphatic rings. The molecule has 2 aromatic carbocycles. The molecule has 0 atom stereocenters. The summed E-state index contributed by atoms with van der Waals surface area (Å²) in [5.74, 6) is -2.93. The lowest BCUT2D eigenvalue weighted by Crippen LogP contribution is -2.15. The van der Waals surface area contributed by atoms with Gasteiger partial charge in [-0.15, -0.1) is 0 Å². The molecule has 0 spiro atoms. The van der Waals surface area contributed by atoms with Gasteiger partial charge in [0.25, 0.3) is 5.91 Å². The standard InChI is InChI=1S/C14H11FN2O4/c15-8-2-3-10(16)9(6-8)13(19)17-11-5-7(14(20)21)1-4-12(11)18/h1-6,18H,16H2,(H,17,19)(H,20,21). The van der Waals surface area contributed by atoms with Crippen molar-refractivity contribution in [2.75, 3.05) is 11.1 Å². The Morgan fingerprint density at radius 1 is 1.14 bits per heavy atom. The van der Waals surface area contributed by atoms with E-state index in [0.29, 0.717) is 0 Å². The van der Waals surface area contributed by atoms with Crippen molar-refractivity contribution in [3.63, 3.8) is 0 Å². The van der Waals surface area contributed by atoms with E-state index in [-0.39, 0.29) is 28.3 Å². The summed E-state index contributed by atoms with van der Waals surface area (Å²) < 4.78 is 13.1. The van der Waals surface area contributed by atoms with Crippen LogP contribution in [0.25, 0.3) is 0 Å². The number of benzene rings is 2. The number of nitrogens with two attached hydrogens (primary N) is 1. The van der Waals surface area contributed by atoms with Crippen molar-refractivity contribution in [1.82, 2.24) is 0 Å². The number of halogens is 1. The van der Waals surface area contributed by atoms with Crippen LogP contribution in [0, 0.1) is 5.82 Å². The zero-order chi connectivity index (χ0) is 15.6. The van der Waals surface area contributed by atoms with Gasteiger partial charge in [0.1, 0.15) is 11.6 Å². The Hall–Kier alpha value is -3.09. The van der Waals surface area contributed by atoms with Gasteiger partial charge in [-0.05, 0) is 36.4 Å². The zero-order valence-electron chi connectivity index (χ0n) is 10.6. The number of nitrogens with one attached hydrogen (secondary N) is 1. The van der Waals surface area contributed by atoms with E-state index in [9.17, 15) is 19.1 Å². The van der Waals surface area contributed by atoms with E-state index in [1.165, 1.54) is 12.1 Å². The van der Waals surface area contributed by atoms with Crippen molar-refractivity contribution in [3.05, 3.63) is 53.3 Å². The summed E-state index contributed by atoms with van der Waals surface area (Å²) >= 11 is 0. The fraction of sp³-hybridized carbons (Fsp3) is 0. The van der Waals surface area contributed by atoms with Gasteiger partial charge >= 0.3 is 5.97 Å². The first kappa shape index (κ1) is 14.3. The number of aromatic carboxylic acids is 1. The molecule has 0 saturated heterocycles. The quantitative estimate of drug-likeness (QED) is 0.510. The Bertz CT molecular complexity index is 731. The molecule has 6 nitrogen and oxygen atoms in total. The van der Waals surface area contributed by atoms with E-state index in [1.54, 1.807) is 0 Å². The van der Waals surface area contributed by atoms with Gasteiger partial charge in [-0.1, -0.05) is 0 Å². The molecule has 7 heteroatoms. The molecular formula is C14H11FN2O4. The number of amides is 1. The number of carboxylic acids is 1. The third-order valence-corrected chi connectivity index (χ3v) is 2.75. The Kier molecular flexibility index (Phi) is 3.75. The van der Waals surface area contributed by atoms with E-state index >= 15 is 0 Å². The maximum Gasteiger partial charge on any atom is 0.335 e. The molecule has 0 aliphatic carbocycles. The molecule has 0 aromatic heterocycles. The SMILES string of the molecule is Nc1ccc(F)cc1C(=O)Nc1cc(C(=O)O)ccc1O. The molecule has 0 unspecified atom stereocenters. The van der Waals surface area contributed by atoms with E-state index in [4.69, 9.17) is 10.8 Å². The molecule has 0 bridgehead atoms. The van der Waals surface area contributed by atoms with Gasteiger partial charge in [0.15, 0.2) is 0 Å². The summed E-state index contributed by atoms with van der Waals surface area (Å²) in [5, 5.41) is 20.8. The number of rotatable bonds is 3. The second kappa shape index (κ2) is 5.49. The second-order valence-electron chi connectivity index (χ2n) is 4.22. The minimum absolute atomic E-state index is 0.0581. The van der Waals surface area contributed by atoms with Crippen LogP contribution < -0.4 is 11.1 Å². The van der Waals surface area contributed by atoms with E-state index in [2.05, 4.69) is 5.32 Å². The fourth-order valence-corrected chi connectivity index (χ4v) is 1.68. The summed E-state index contributed by atoms with van der Waals surface area (Å²) in [7, 11) is 0. The summed E-state index contributed by atoms with van der Waals surface area (Å²) in [6.45, 7) is 0. The number of phenolic OH excluding ortho intramolecular Hbond substituents is 1. The number of hydrogen-bond acceptors (Lipinski definition) is 4. The number of carbonyl (C=O) groups is 2. The Balaban J connectivity index is 2.33. The molecule has 21 heavy (non-hydrogen) atoms. The molecule has 0 saturated carbocycles. The summed E-state index contributed by atoms with van der Waals surface area (Å²) in [6, 6.07) is 6.69. The van der Waals surface area contributed by atoms with Crippen LogP contribution in [0.1, 0.15) is 20.7 Å². The van der Waals surface area contributed by atoms with Crippen LogP contribution in [-0.4, -0.2) is 22.1 Å². The van der Waals surface area contributed by atoms with Crippen molar-refractivity contribution in [3.8, 4) is 5.75 Å². The van der Waals surface area contributed by atoms with Crippen molar-refractivity contribution in [2.24, 2.45) is 0 Å². The Labute approximate surface area is 118 Å². The highest BCUT2D eigenvalue weighted by Gasteiger charge is 2.14. The third-order valence-electron chi connectivity index (χ3n) is 2.75. The molecule has 5 N–H and O–H groups in total. The highest BCUT2D eigenvalue weighted by Crippen LogP contribution is 2.25. The lowest BCUT2D eigenvalue weighted by Gasteiger charge is -2.10. The van der Waals surface area contributed by atoms with E-state index < -0.39 is 17.7 Å². The topological polar surface area (TPSA) is 113 Å². The highest BCUT2D eigenvalue weighted by atomic mass is 19.1. The molecule has 0 aliphatic heterocycles. The maximum absolute atomic E-state index is 13.1. The molecule has 108 valence electrons.